The molecule has 0 aromatic heterocycles. The number of anilines is 1. The number of benzene rings is 2. The molecule has 2 heterocycles. The number of fused-ring (bicyclic) bond motifs is 1. The summed E-state index contributed by atoms with van der Waals surface area (Å²) in [5.74, 6) is 2.79. The molecule has 7 heteroatoms. The number of para-hydroxylation sites is 1. The SMILES string of the molecule is Clc1ccc(SCCN2CCN(c3cccc4c3OCCO4)CC2)cc1Cl. The molecule has 0 N–H and O–H groups in total. The van der Waals surface area contributed by atoms with E-state index in [1.54, 1.807) is 0 Å². The third kappa shape index (κ3) is 4.60. The molecule has 0 bridgehead atoms. The van der Waals surface area contributed by atoms with Crippen LogP contribution in [0.1, 0.15) is 0 Å². The molecule has 27 heavy (non-hydrogen) atoms. The van der Waals surface area contributed by atoms with Crippen molar-refractivity contribution >= 4 is 40.7 Å². The van der Waals surface area contributed by atoms with Crippen LogP contribution in [-0.4, -0.2) is 56.6 Å². The van der Waals surface area contributed by atoms with Gasteiger partial charge in [0.05, 0.1) is 15.7 Å². The zero-order valence-corrected chi connectivity index (χ0v) is 17.3. The second-order valence-electron chi connectivity index (χ2n) is 6.55. The number of halogens is 2. The van der Waals surface area contributed by atoms with E-state index in [0.717, 1.165) is 60.6 Å². The number of nitrogens with zero attached hydrogens (tertiary/aromatic N) is 2. The molecule has 144 valence electrons. The normalized spacial score (nSPS) is 17.2. The highest BCUT2D eigenvalue weighted by Gasteiger charge is 2.23. The molecule has 2 aliphatic rings. The van der Waals surface area contributed by atoms with Crippen LogP contribution in [0.25, 0.3) is 0 Å². The lowest BCUT2D eigenvalue weighted by Gasteiger charge is -2.37. The van der Waals surface area contributed by atoms with E-state index in [4.69, 9.17) is 32.7 Å². The van der Waals surface area contributed by atoms with Crippen molar-refractivity contribution in [2.45, 2.75) is 4.90 Å². The molecule has 0 aliphatic carbocycles. The van der Waals surface area contributed by atoms with Crippen molar-refractivity contribution < 1.29 is 9.47 Å². The minimum Gasteiger partial charge on any atom is -0.486 e. The van der Waals surface area contributed by atoms with Gasteiger partial charge in [0, 0.05) is 43.4 Å². The highest BCUT2D eigenvalue weighted by atomic mass is 35.5. The predicted octanol–water partition coefficient (Wildman–Crippen LogP) is 4.68. The van der Waals surface area contributed by atoms with Crippen molar-refractivity contribution in [2.75, 3.05) is 56.6 Å². The fraction of sp³-hybridized carbons (Fsp3) is 0.400. The van der Waals surface area contributed by atoms with Gasteiger partial charge >= 0.3 is 0 Å². The average molecular weight is 425 g/mol. The second-order valence-corrected chi connectivity index (χ2v) is 8.54. The Morgan fingerprint density at radius 2 is 1.74 bits per heavy atom. The second kappa shape index (κ2) is 8.82. The minimum atomic E-state index is 0.606. The summed E-state index contributed by atoms with van der Waals surface area (Å²) in [6.45, 7) is 6.40. The molecule has 0 unspecified atom stereocenters. The fourth-order valence-electron chi connectivity index (χ4n) is 3.38. The third-order valence-corrected chi connectivity index (χ3v) is 6.54. The van der Waals surface area contributed by atoms with Crippen LogP contribution in [0.15, 0.2) is 41.3 Å². The van der Waals surface area contributed by atoms with Crippen LogP contribution < -0.4 is 14.4 Å². The Morgan fingerprint density at radius 1 is 0.926 bits per heavy atom. The van der Waals surface area contributed by atoms with E-state index in [-0.39, 0.29) is 0 Å². The summed E-state index contributed by atoms with van der Waals surface area (Å²) in [5.41, 5.74) is 1.15. The molecule has 2 aromatic carbocycles. The summed E-state index contributed by atoms with van der Waals surface area (Å²) in [7, 11) is 0. The zero-order valence-electron chi connectivity index (χ0n) is 15.0. The molecular weight excluding hydrogens is 403 g/mol. The molecule has 0 saturated carbocycles. The van der Waals surface area contributed by atoms with Crippen molar-refractivity contribution in [3.8, 4) is 11.5 Å². The zero-order chi connectivity index (χ0) is 18.6. The van der Waals surface area contributed by atoms with E-state index < -0.39 is 0 Å². The summed E-state index contributed by atoms with van der Waals surface area (Å²) in [4.78, 5) is 6.07. The maximum absolute atomic E-state index is 6.09. The molecule has 0 radical (unpaired) electrons. The van der Waals surface area contributed by atoms with Gasteiger partial charge in [0.25, 0.3) is 0 Å². The summed E-state index contributed by atoms with van der Waals surface area (Å²) in [5, 5.41) is 1.22. The molecule has 1 saturated heterocycles. The molecule has 0 spiro atoms. The third-order valence-electron chi connectivity index (χ3n) is 4.83. The molecule has 4 rings (SSSR count). The van der Waals surface area contributed by atoms with Gasteiger partial charge in [-0.05, 0) is 30.3 Å². The topological polar surface area (TPSA) is 24.9 Å². The fourth-order valence-corrected chi connectivity index (χ4v) is 4.69. The van der Waals surface area contributed by atoms with Gasteiger partial charge in [-0.2, -0.15) is 0 Å². The van der Waals surface area contributed by atoms with Gasteiger partial charge in [-0.25, -0.2) is 0 Å². The molecule has 4 nitrogen and oxygen atoms in total. The number of thioether (sulfide) groups is 1. The molecular formula is C20H22Cl2N2O2S. The van der Waals surface area contributed by atoms with Gasteiger partial charge in [-0.15, -0.1) is 11.8 Å². The number of piperazine rings is 1. The van der Waals surface area contributed by atoms with E-state index in [1.165, 1.54) is 0 Å². The maximum atomic E-state index is 6.09. The summed E-state index contributed by atoms with van der Waals surface area (Å²) < 4.78 is 11.6. The first-order chi connectivity index (χ1) is 13.2. The van der Waals surface area contributed by atoms with E-state index >= 15 is 0 Å². The van der Waals surface area contributed by atoms with Gasteiger partial charge in [0.2, 0.25) is 0 Å². The Balaban J connectivity index is 1.27. The standard InChI is InChI=1S/C20H22Cl2N2O2S/c21-16-5-4-15(14-17(16)22)27-13-10-23-6-8-24(9-7-23)18-2-1-3-19-20(18)26-12-11-25-19/h1-5,14H,6-13H2. The van der Waals surface area contributed by atoms with Crippen molar-refractivity contribution in [3.63, 3.8) is 0 Å². The Bertz CT molecular complexity index is 798. The van der Waals surface area contributed by atoms with E-state index in [0.29, 0.717) is 23.3 Å². The van der Waals surface area contributed by atoms with Gasteiger partial charge < -0.3 is 14.4 Å². The highest BCUT2D eigenvalue weighted by Crippen LogP contribution is 2.39. The molecule has 2 aromatic rings. The van der Waals surface area contributed by atoms with Gasteiger partial charge in [0.15, 0.2) is 11.5 Å². The van der Waals surface area contributed by atoms with Crippen LogP contribution in [0, 0.1) is 0 Å². The van der Waals surface area contributed by atoms with Gasteiger partial charge in [-0.3, -0.25) is 4.90 Å². The minimum absolute atomic E-state index is 0.606. The number of hydrogen-bond acceptors (Lipinski definition) is 5. The first kappa shape index (κ1) is 19.1. The van der Waals surface area contributed by atoms with Gasteiger partial charge in [-0.1, -0.05) is 29.3 Å². The van der Waals surface area contributed by atoms with Crippen LogP contribution in [0.3, 0.4) is 0 Å². The molecule has 0 amide bonds. The average Bonchev–Trinajstić information content (AvgIpc) is 2.71. The summed E-state index contributed by atoms with van der Waals surface area (Å²) in [6, 6.07) is 12.0. The summed E-state index contributed by atoms with van der Waals surface area (Å²) in [6.07, 6.45) is 0. The number of rotatable bonds is 5. The lowest BCUT2D eigenvalue weighted by Crippen LogP contribution is -2.47. The molecule has 1 fully saturated rings. The Labute approximate surface area is 174 Å². The monoisotopic (exact) mass is 424 g/mol. The maximum Gasteiger partial charge on any atom is 0.184 e. The quantitative estimate of drug-likeness (QED) is 0.648. The van der Waals surface area contributed by atoms with Crippen molar-refractivity contribution in [3.05, 3.63) is 46.4 Å². The molecule has 0 atom stereocenters. The van der Waals surface area contributed by atoms with E-state index in [1.807, 2.05) is 42.1 Å². The van der Waals surface area contributed by atoms with Crippen LogP contribution in [0.4, 0.5) is 5.69 Å². The number of ether oxygens (including phenoxy) is 2. The van der Waals surface area contributed by atoms with Crippen LogP contribution in [0.5, 0.6) is 11.5 Å². The first-order valence-electron chi connectivity index (χ1n) is 9.14. The Kier molecular flexibility index (Phi) is 6.23. The van der Waals surface area contributed by atoms with E-state index in [2.05, 4.69) is 15.9 Å². The smallest absolute Gasteiger partial charge is 0.184 e. The predicted molar refractivity (Wildman–Crippen MR) is 113 cm³/mol. The summed E-state index contributed by atoms with van der Waals surface area (Å²) >= 11 is 13.9. The lowest BCUT2D eigenvalue weighted by molar-refractivity contribution is 0.171. The first-order valence-corrected chi connectivity index (χ1v) is 10.9. The Hall–Kier alpha value is -1.27. The molecule has 2 aliphatic heterocycles. The van der Waals surface area contributed by atoms with Crippen LogP contribution in [-0.2, 0) is 0 Å². The van der Waals surface area contributed by atoms with Gasteiger partial charge in [0.1, 0.15) is 13.2 Å². The van der Waals surface area contributed by atoms with Crippen LogP contribution >= 0.6 is 35.0 Å². The van der Waals surface area contributed by atoms with Crippen molar-refractivity contribution in [2.24, 2.45) is 0 Å². The Morgan fingerprint density at radius 3 is 2.56 bits per heavy atom. The van der Waals surface area contributed by atoms with E-state index in [9.17, 15) is 0 Å². The number of hydrogen-bond donors (Lipinski definition) is 0. The van der Waals surface area contributed by atoms with Crippen molar-refractivity contribution in [1.82, 2.24) is 4.90 Å². The highest BCUT2D eigenvalue weighted by molar-refractivity contribution is 7.99. The van der Waals surface area contributed by atoms with Crippen LogP contribution in [0.2, 0.25) is 10.0 Å². The van der Waals surface area contributed by atoms with Crippen molar-refractivity contribution in [1.29, 1.82) is 0 Å². The lowest BCUT2D eigenvalue weighted by atomic mass is 10.2. The largest absolute Gasteiger partial charge is 0.486 e.